The Labute approximate surface area is 168 Å². The van der Waals surface area contributed by atoms with Crippen molar-refractivity contribution in [1.82, 2.24) is 10.6 Å². The zero-order valence-corrected chi connectivity index (χ0v) is 17.0. The van der Waals surface area contributed by atoms with Crippen LogP contribution in [-0.4, -0.2) is 53.5 Å². The van der Waals surface area contributed by atoms with E-state index in [4.69, 9.17) is 9.84 Å². The summed E-state index contributed by atoms with van der Waals surface area (Å²) >= 11 is 1.54. The SMILES string of the molecule is CSCCC(NC=O)C(=O)NC(CC(C)C)C(=O)Oc1ccc(C(=O)O)cc1. The largest absolute Gasteiger partial charge is 0.478 e. The fourth-order valence-electron chi connectivity index (χ4n) is 2.42. The summed E-state index contributed by atoms with van der Waals surface area (Å²) in [6, 6.07) is 3.79. The summed E-state index contributed by atoms with van der Waals surface area (Å²) in [6.07, 6.45) is 3.15. The number of rotatable bonds is 12. The quantitative estimate of drug-likeness (QED) is 0.272. The number of carbonyl (C=O) groups is 4. The molecule has 1 rings (SSSR count). The first-order valence-electron chi connectivity index (χ1n) is 8.82. The van der Waals surface area contributed by atoms with Crippen LogP contribution < -0.4 is 15.4 Å². The maximum atomic E-state index is 12.5. The number of nitrogens with one attached hydrogen (secondary N) is 2. The second-order valence-corrected chi connectivity index (χ2v) is 7.55. The summed E-state index contributed by atoms with van der Waals surface area (Å²) in [5.74, 6) is -1.22. The molecule has 0 aliphatic carbocycles. The highest BCUT2D eigenvalue weighted by Gasteiger charge is 2.27. The Hall–Kier alpha value is -2.55. The van der Waals surface area contributed by atoms with Crippen molar-refractivity contribution >= 4 is 36.0 Å². The van der Waals surface area contributed by atoms with Crippen molar-refractivity contribution in [2.24, 2.45) is 5.92 Å². The van der Waals surface area contributed by atoms with Gasteiger partial charge in [-0.1, -0.05) is 13.8 Å². The first-order valence-corrected chi connectivity index (χ1v) is 10.2. The Morgan fingerprint density at radius 2 is 1.82 bits per heavy atom. The van der Waals surface area contributed by atoms with Crippen LogP contribution in [0.5, 0.6) is 5.75 Å². The zero-order chi connectivity index (χ0) is 21.1. The molecule has 9 heteroatoms. The molecule has 0 aliphatic rings. The summed E-state index contributed by atoms with van der Waals surface area (Å²) in [6.45, 7) is 3.81. The second kappa shape index (κ2) is 12.0. The maximum Gasteiger partial charge on any atom is 0.335 e. The molecule has 0 aromatic heterocycles. The fourth-order valence-corrected chi connectivity index (χ4v) is 2.89. The molecule has 0 spiro atoms. The topological polar surface area (TPSA) is 122 Å². The van der Waals surface area contributed by atoms with Gasteiger partial charge in [0.2, 0.25) is 12.3 Å². The minimum Gasteiger partial charge on any atom is -0.478 e. The molecule has 1 aromatic rings. The number of benzene rings is 1. The molecule has 0 aliphatic heterocycles. The number of hydrogen-bond donors (Lipinski definition) is 3. The Morgan fingerprint density at radius 3 is 2.32 bits per heavy atom. The lowest BCUT2D eigenvalue weighted by Crippen LogP contribution is -2.51. The lowest BCUT2D eigenvalue weighted by molar-refractivity contribution is -0.140. The highest BCUT2D eigenvalue weighted by atomic mass is 32.2. The maximum absolute atomic E-state index is 12.5. The van der Waals surface area contributed by atoms with Crippen LogP contribution in [0, 0.1) is 5.92 Å². The van der Waals surface area contributed by atoms with Crippen LogP contribution in [0.15, 0.2) is 24.3 Å². The Kier molecular flexibility index (Phi) is 10.1. The monoisotopic (exact) mass is 410 g/mol. The number of carbonyl (C=O) groups excluding carboxylic acids is 3. The van der Waals surface area contributed by atoms with Crippen molar-refractivity contribution in [3.63, 3.8) is 0 Å². The lowest BCUT2D eigenvalue weighted by Gasteiger charge is -2.22. The van der Waals surface area contributed by atoms with E-state index in [0.29, 0.717) is 25.0 Å². The van der Waals surface area contributed by atoms with E-state index in [0.717, 1.165) is 0 Å². The minimum atomic E-state index is -1.08. The summed E-state index contributed by atoms with van der Waals surface area (Å²) in [4.78, 5) is 46.7. The molecule has 28 heavy (non-hydrogen) atoms. The van der Waals surface area contributed by atoms with Gasteiger partial charge in [-0.05, 0) is 55.0 Å². The van der Waals surface area contributed by atoms with Crippen LogP contribution in [0.2, 0.25) is 0 Å². The molecule has 2 atom stereocenters. The Morgan fingerprint density at radius 1 is 1.18 bits per heavy atom. The van der Waals surface area contributed by atoms with E-state index >= 15 is 0 Å². The number of carboxylic acids is 1. The second-order valence-electron chi connectivity index (χ2n) is 6.56. The predicted molar refractivity (Wildman–Crippen MR) is 106 cm³/mol. The van der Waals surface area contributed by atoms with Gasteiger partial charge in [0.25, 0.3) is 0 Å². The van der Waals surface area contributed by atoms with E-state index in [2.05, 4.69) is 10.6 Å². The third kappa shape index (κ3) is 7.99. The Bertz CT molecular complexity index is 678. The van der Waals surface area contributed by atoms with Gasteiger partial charge in [-0.3, -0.25) is 9.59 Å². The molecule has 0 bridgehead atoms. The van der Waals surface area contributed by atoms with E-state index in [1.54, 1.807) is 11.8 Å². The number of hydrogen-bond acceptors (Lipinski definition) is 6. The number of thioether (sulfide) groups is 1. The summed E-state index contributed by atoms with van der Waals surface area (Å²) in [5, 5.41) is 14.0. The first kappa shape index (κ1) is 23.5. The molecule has 0 heterocycles. The highest BCUT2D eigenvalue weighted by molar-refractivity contribution is 7.98. The van der Waals surface area contributed by atoms with Crippen molar-refractivity contribution in [3.05, 3.63) is 29.8 Å². The van der Waals surface area contributed by atoms with E-state index in [1.807, 2.05) is 20.1 Å². The number of ether oxygens (including phenoxy) is 1. The summed E-state index contributed by atoms with van der Waals surface area (Å²) in [5.41, 5.74) is 0.0726. The third-order valence-electron chi connectivity index (χ3n) is 3.82. The molecular weight excluding hydrogens is 384 g/mol. The van der Waals surface area contributed by atoms with Gasteiger partial charge < -0.3 is 20.5 Å². The lowest BCUT2D eigenvalue weighted by atomic mass is 10.0. The van der Waals surface area contributed by atoms with E-state index in [-0.39, 0.29) is 17.2 Å². The van der Waals surface area contributed by atoms with Crippen LogP contribution in [0.4, 0.5) is 0 Å². The van der Waals surface area contributed by atoms with Gasteiger partial charge in [0.1, 0.15) is 17.8 Å². The summed E-state index contributed by atoms with van der Waals surface area (Å²) in [7, 11) is 0. The zero-order valence-electron chi connectivity index (χ0n) is 16.1. The van der Waals surface area contributed by atoms with Crippen molar-refractivity contribution < 1.29 is 29.0 Å². The van der Waals surface area contributed by atoms with Crippen molar-refractivity contribution in [3.8, 4) is 5.75 Å². The van der Waals surface area contributed by atoms with E-state index < -0.39 is 29.9 Å². The van der Waals surface area contributed by atoms with Gasteiger partial charge in [-0.25, -0.2) is 9.59 Å². The molecule has 1 aromatic carbocycles. The van der Waals surface area contributed by atoms with Crippen LogP contribution in [0.1, 0.15) is 37.0 Å². The van der Waals surface area contributed by atoms with Crippen LogP contribution >= 0.6 is 11.8 Å². The standard InChI is InChI=1S/C19H26N2O6S/c1-12(2)10-16(21-17(23)15(20-11-22)8-9-28-3)19(26)27-14-6-4-13(5-7-14)18(24)25/h4-7,11-12,15-16H,8-10H2,1-3H3,(H,20,22)(H,21,23)(H,24,25). The smallest absolute Gasteiger partial charge is 0.335 e. The van der Waals surface area contributed by atoms with Crippen LogP contribution in [0.3, 0.4) is 0 Å². The predicted octanol–water partition coefficient (Wildman–Crippen LogP) is 1.69. The molecule has 0 radical (unpaired) electrons. The number of esters is 1. The van der Waals surface area contributed by atoms with Gasteiger partial charge in [0.05, 0.1) is 5.56 Å². The van der Waals surface area contributed by atoms with E-state index in [9.17, 15) is 19.2 Å². The third-order valence-corrected chi connectivity index (χ3v) is 4.47. The van der Waals surface area contributed by atoms with Gasteiger partial charge in [-0.2, -0.15) is 11.8 Å². The van der Waals surface area contributed by atoms with Gasteiger partial charge in [0.15, 0.2) is 0 Å². The molecule has 3 N–H and O–H groups in total. The number of carboxylic acid groups (broad SMARTS) is 1. The average molecular weight is 410 g/mol. The Balaban J connectivity index is 2.84. The fraction of sp³-hybridized carbons (Fsp3) is 0.474. The summed E-state index contributed by atoms with van der Waals surface area (Å²) < 4.78 is 5.29. The molecule has 0 saturated carbocycles. The van der Waals surface area contributed by atoms with Gasteiger partial charge in [0, 0.05) is 0 Å². The van der Waals surface area contributed by atoms with Gasteiger partial charge >= 0.3 is 11.9 Å². The van der Waals surface area contributed by atoms with Crippen molar-refractivity contribution in [2.75, 3.05) is 12.0 Å². The normalized spacial score (nSPS) is 12.7. The highest BCUT2D eigenvalue weighted by Crippen LogP contribution is 2.15. The van der Waals surface area contributed by atoms with E-state index in [1.165, 1.54) is 24.3 Å². The molecule has 8 nitrogen and oxygen atoms in total. The first-order chi connectivity index (χ1) is 13.3. The van der Waals surface area contributed by atoms with Crippen LogP contribution in [-0.2, 0) is 14.4 Å². The molecule has 2 unspecified atom stereocenters. The van der Waals surface area contributed by atoms with Crippen LogP contribution in [0.25, 0.3) is 0 Å². The molecule has 0 fully saturated rings. The molecule has 154 valence electrons. The molecule has 0 saturated heterocycles. The van der Waals surface area contributed by atoms with Crippen molar-refractivity contribution in [1.29, 1.82) is 0 Å². The molecular formula is C19H26N2O6S. The van der Waals surface area contributed by atoms with Crippen molar-refractivity contribution in [2.45, 2.75) is 38.8 Å². The number of aromatic carboxylic acids is 1. The molecule has 2 amide bonds. The van der Waals surface area contributed by atoms with Gasteiger partial charge in [-0.15, -0.1) is 0 Å². The average Bonchev–Trinajstić information content (AvgIpc) is 2.64. The number of amides is 2. The minimum absolute atomic E-state index is 0.0726.